The molecule has 0 aromatic carbocycles. The van der Waals surface area contributed by atoms with Crippen molar-refractivity contribution in [2.45, 2.75) is 116 Å². The second kappa shape index (κ2) is 20.9. The van der Waals surface area contributed by atoms with Gasteiger partial charge in [-0.15, -0.1) is 0 Å². The summed E-state index contributed by atoms with van der Waals surface area (Å²) in [5.41, 5.74) is 0. The smallest absolute Gasteiger partial charge is 0.377 e. The molecule has 1 atom stereocenters. The van der Waals surface area contributed by atoms with Gasteiger partial charge in [0.2, 0.25) is 0 Å². The van der Waals surface area contributed by atoms with Crippen LogP contribution in [-0.2, 0) is 13.3 Å². The van der Waals surface area contributed by atoms with Crippen LogP contribution in [0.25, 0.3) is 0 Å². The van der Waals surface area contributed by atoms with Crippen LogP contribution in [-0.4, -0.2) is 55.7 Å². The van der Waals surface area contributed by atoms with Gasteiger partial charge >= 0.3 is 8.80 Å². The second-order valence-corrected chi connectivity index (χ2v) is 12.4. The quantitative estimate of drug-likeness (QED) is 0.122. The highest BCUT2D eigenvalue weighted by molar-refractivity contribution is 6.60. The highest BCUT2D eigenvalue weighted by Crippen LogP contribution is 2.25. The summed E-state index contributed by atoms with van der Waals surface area (Å²) in [5.74, 6) is 0.743. The Labute approximate surface area is 190 Å². The van der Waals surface area contributed by atoms with Crippen LogP contribution in [0.5, 0.6) is 0 Å². The zero-order valence-corrected chi connectivity index (χ0v) is 22.5. The van der Waals surface area contributed by atoms with E-state index in [0.29, 0.717) is 0 Å². The summed E-state index contributed by atoms with van der Waals surface area (Å²) in [7, 11) is 7.07. The minimum Gasteiger partial charge on any atom is -0.377 e. The fourth-order valence-corrected chi connectivity index (χ4v) is 6.14. The first-order valence-corrected chi connectivity index (χ1v) is 14.8. The van der Waals surface area contributed by atoms with Gasteiger partial charge in [-0.05, 0) is 39.4 Å². The minimum atomic E-state index is -2.44. The van der Waals surface area contributed by atoms with E-state index in [1.807, 2.05) is 0 Å². The molecule has 1 unspecified atom stereocenters. The second-order valence-electron chi connectivity index (χ2n) is 9.32. The molecule has 0 radical (unpaired) electrons. The Kier molecular flexibility index (Phi) is 21.0. The maximum atomic E-state index is 5.62. The summed E-state index contributed by atoms with van der Waals surface area (Å²) in [6.07, 6.45) is 22.2. The van der Waals surface area contributed by atoms with Crippen molar-refractivity contribution in [2.24, 2.45) is 5.92 Å². The average molecular weight is 446 g/mol. The van der Waals surface area contributed by atoms with Crippen molar-refractivity contribution in [3.8, 4) is 0 Å². The van der Waals surface area contributed by atoms with Crippen molar-refractivity contribution in [2.75, 3.05) is 42.0 Å². The van der Waals surface area contributed by atoms with Crippen LogP contribution in [0.15, 0.2) is 0 Å². The molecule has 4 nitrogen and oxygen atoms in total. The molecule has 0 amide bonds. The van der Waals surface area contributed by atoms with Crippen LogP contribution in [0, 0.1) is 5.92 Å². The Morgan fingerprint density at radius 1 is 0.600 bits per heavy atom. The highest BCUT2D eigenvalue weighted by Gasteiger charge is 2.37. The van der Waals surface area contributed by atoms with Crippen molar-refractivity contribution in [1.29, 1.82) is 0 Å². The van der Waals surface area contributed by atoms with E-state index in [9.17, 15) is 0 Å². The number of hydrogen-bond acceptors (Lipinski definition) is 4. The lowest BCUT2D eigenvalue weighted by molar-refractivity contribution is 0.120. The summed E-state index contributed by atoms with van der Waals surface area (Å²) < 4.78 is 16.9. The molecule has 0 saturated heterocycles. The topological polar surface area (TPSA) is 30.9 Å². The zero-order valence-electron chi connectivity index (χ0n) is 21.5. The molecule has 0 aromatic rings. The van der Waals surface area contributed by atoms with E-state index in [2.05, 4.69) is 25.9 Å². The monoisotopic (exact) mass is 445 g/mol. The van der Waals surface area contributed by atoms with E-state index >= 15 is 0 Å². The van der Waals surface area contributed by atoms with Gasteiger partial charge in [-0.25, -0.2) is 0 Å². The van der Waals surface area contributed by atoms with Gasteiger partial charge in [-0.2, -0.15) is 0 Å². The summed E-state index contributed by atoms with van der Waals surface area (Å²) in [4.78, 5) is 2.30. The maximum absolute atomic E-state index is 5.62. The van der Waals surface area contributed by atoms with Gasteiger partial charge in [0, 0.05) is 27.4 Å². The van der Waals surface area contributed by atoms with Gasteiger partial charge in [0.05, 0.1) is 0 Å². The third-order valence-corrected chi connectivity index (χ3v) is 9.26. The lowest BCUT2D eigenvalue weighted by Gasteiger charge is -2.27. The summed E-state index contributed by atoms with van der Waals surface area (Å²) in [6, 6.07) is 0.924. The molecule has 0 bridgehead atoms. The first kappa shape index (κ1) is 30.1. The Bertz CT molecular complexity index is 343. The first-order valence-electron chi connectivity index (χ1n) is 12.8. The standard InChI is InChI=1S/C25H55NO3Si/c1-7-8-9-10-11-12-13-14-15-16-17-18-19-20-25(21-23-26(2)3)22-24-30(27-4,28-5)29-6/h25H,7-24H2,1-6H3. The molecular formula is C25H55NO3Si. The number of hydrogen-bond donors (Lipinski definition) is 0. The van der Waals surface area contributed by atoms with Crippen molar-refractivity contribution in [1.82, 2.24) is 4.90 Å². The van der Waals surface area contributed by atoms with E-state index in [1.165, 1.54) is 96.3 Å². The minimum absolute atomic E-state index is 0.743. The Hall–Kier alpha value is 0.0569. The summed E-state index contributed by atoms with van der Waals surface area (Å²) in [6.45, 7) is 3.45. The molecule has 0 aliphatic rings. The van der Waals surface area contributed by atoms with Gasteiger partial charge in [-0.3, -0.25) is 0 Å². The van der Waals surface area contributed by atoms with Gasteiger partial charge in [0.25, 0.3) is 0 Å². The van der Waals surface area contributed by atoms with Crippen LogP contribution in [0.3, 0.4) is 0 Å². The van der Waals surface area contributed by atoms with Crippen LogP contribution >= 0.6 is 0 Å². The van der Waals surface area contributed by atoms with E-state index in [0.717, 1.165) is 24.9 Å². The molecule has 0 aliphatic heterocycles. The first-order chi connectivity index (χ1) is 14.5. The van der Waals surface area contributed by atoms with Gasteiger partial charge in [0.1, 0.15) is 0 Å². The molecule has 0 heterocycles. The predicted octanol–water partition coefficient (Wildman–Crippen LogP) is 7.30. The molecule has 0 aliphatic carbocycles. The number of unbranched alkanes of at least 4 members (excludes halogenated alkanes) is 12. The van der Waals surface area contributed by atoms with Gasteiger partial charge in [0.15, 0.2) is 0 Å². The molecule has 0 aromatic heterocycles. The molecule has 0 fully saturated rings. The Morgan fingerprint density at radius 3 is 1.43 bits per heavy atom. The molecule has 182 valence electrons. The molecule has 0 saturated carbocycles. The number of rotatable bonds is 23. The molecule has 0 N–H and O–H groups in total. The zero-order chi connectivity index (χ0) is 22.5. The van der Waals surface area contributed by atoms with Gasteiger partial charge < -0.3 is 18.2 Å². The molecular weight excluding hydrogens is 390 g/mol. The van der Waals surface area contributed by atoms with Crippen LogP contribution < -0.4 is 0 Å². The molecule has 5 heteroatoms. The van der Waals surface area contributed by atoms with E-state index < -0.39 is 8.80 Å². The van der Waals surface area contributed by atoms with Crippen LogP contribution in [0.1, 0.15) is 110 Å². The molecule has 30 heavy (non-hydrogen) atoms. The fraction of sp³-hybridized carbons (Fsp3) is 1.00. The van der Waals surface area contributed by atoms with Gasteiger partial charge in [-0.1, -0.05) is 96.8 Å². The third-order valence-electron chi connectivity index (χ3n) is 6.49. The molecule has 0 rings (SSSR count). The summed E-state index contributed by atoms with van der Waals surface area (Å²) >= 11 is 0. The van der Waals surface area contributed by atoms with Crippen LogP contribution in [0.2, 0.25) is 6.04 Å². The van der Waals surface area contributed by atoms with E-state index in [4.69, 9.17) is 13.3 Å². The normalized spacial score (nSPS) is 13.3. The van der Waals surface area contributed by atoms with E-state index in [1.54, 1.807) is 21.3 Å². The van der Waals surface area contributed by atoms with Crippen LogP contribution in [0.4, 0.5) is 0 Å². The lowest BCUT2D eigenvalue weighted by atomic mass is 9.94. The summed E-state index contributed by atoms with van der Waals surface area (Å²) in [5, 5.41) is 0. The molecule has 0 spiro atoms. The highest BCUT2D eigenvalue weighted by atomic mass is 28.4. The largest absolute Gasteiger partial charge is 0.500 e. The van der Waals surface area contributed by atoms with Crippen molar-refractivity contribution in [3.05, 3.63) is 0 Å². The fourth-order valence-electron chi connectivity index (χ4n) is 4.26. The predicted molar refractivity (Wildman–Crippen MR) is 133 cm³/mol. The number of nitrogens with zero attached hydrogens (tertiary/aromatic N) is 1. The average Bonchev–Trinajstić information content (AvgIpc) is 2.75. The van der Waals surface area contributed by atoms with Crippen molar-refractivity contribution < 1.29 is 13.3 Å². The van der Waals surface area contributed by atoms with E-state index in [-0.39, 0.29) is 0 Å². The van der Waals surface area contributed by atoms with Crippen molar-refractivity contribution in [3.63, 3.8) is 0 Å². The maximum Gasteiger partial charge on any atom is 0.500 e. The Morgan fingerprint density at radius 2 is 1.03 bits per heavy atom. The SMILES string of the molecule is CCCCCCCCCCCCCCCC(CCN(C)C)CC[Si](OC)(OC)OC. The third kappa shape index (κ3) is 16.7. The lowest BCUT2D eigenvalue weighted by Crippen LogP contribution is -2.43. The Balaban J connectivity index is 3.87. The van der Waals surface area contributed by atoms with Crippen molar-refractivity contribution >= 4 is 8.80 Å².